The molecule has 0 saturated carbocycles. The normalized spacial score (nSPS) is 13.5. The molecule has 52 heavy (non-hydrogen) atoms. The Kier molecular flexibility index (Phi) is 11.0. The molecule has 3 aromatic carbocycles. The summed E-state index contributed by atoms with van der Waals surface area (Å²) in [5, 5.41) is -0.109. The lowest BCUT2D eigenvalue weighted by Crippen LogP contribution is -2.51. The largest absolute Gasteiger partial charge is 0.541 e. The van der Waals surface area contributed by atoms with Gasteiger partial charge in [0, 0.05) is 35.7 Å². The van der Waals surface area contributed by atoms with E-state index in [9.17, 15) is 26.8 Å². The number of hydrogen-bond donors (Lipinski definition) is 1. The summed E-state index contributed by atoms with van der Waals surface area (Å²) in [6.45, 7) is 12.2. The second-order valence-corrected chi connectivity index (χ2v) is 21.4. The van der Waals surface area contributed by atoms with Gasteiger partial charge in [0.25, 0.3) is 20.1 Å². The molecule has 1 aliphatic heterocycles. The van der Waals surface area contributed by atoms with E-state index >= 15 is 0 Å². The molecule has 278 valence electrons. The Balaban J connectivity index is 1.82. The summed E-state index contributed by atoms with van der Waals surface area (Å²) in [4.78, 5) is 34.9. The van der Waals surface area contributed by atoms with Gasteiger partial charge in [0.1, 0.15) is 34.4 Å². The fourth-order valence-corrected chi connectivity index (χ4v) is 13.4. The number of aromatic nitrogens is 1. The maximum absolute atomic E-state index is 14.9. The van der Waals surface area contributed by atoms with E-state index in [0.29, 0.717) is 28.7 Å². The van der Waals surface area contributed by atoms with E-state index in [1.807, 2.05) is 0 Å². The molecule has 10 nitrogen and oxygen atoms in total. The van der Waals surface area contributed by atoms with Crippen molar-refractivity contribution in [1.82, 2.24) is 9.88 Å². The van der Waals surface area contributed by atoms with E-state index in [2.05, 4.69) is 46.3 Å². The zero-order valence-electron chi connectivity index (χ0n) is 30.5. The van der Waals surface area contributed by atoms with Crippen LogP contribution in [0.2, 0.25) is 21.6 Å². The third-order valence-corrected chi connectivity index (χ3v) is 16.5. The van der Waals surface area contributed by atoms with Gasteiger partial charge >= 0.3 is 0 Å². The molecule has 4 aromatic rings. The number of sulfonamides is 1. The average Bonchev–Trinajstić information content (AvgIpc) is 3.31. The molecular weight excluding hydrogens is 732 g/mol. The van der Waals surface area contributed by atoms with E-state index in [1.165, 1.54) is 26.5 Å². The fourth-order valence-electron chi connectivity index (χ4n) is 7.38. The second-order valence-electron chi connectivity index (χ2n) is 13.9. The number of anilines is 1. The van der Waals surface area contributed by atoms with Crippen LogP contribution in [0.25, 0.3) is 10.9 Å². The number of ether oxygens (including phenoxy) is 2. The highest BCUT2D eigenvalue weighted by Gasteiger charge is 2.50. The topological polar surface area (TPSA) is 124 Å². The number of halogens is 3. The van der Waals surface area contributed by atoms with E-state index in [1.54, 1.807) is 24.3 Å². The van der Waals surface area contributed by atoms with Crippen LogP contribution in [0, 0.1) is 11.6 Å². The van der Waals surface area contributed by atoms with Gasteiger partial charge in [0.05, 0.1) is 48.9 Å². The molecule has 2 amide bonds. The number of hydrogen-bond acceptors (Lipinski definition) is 8. The van der Waals surface area contributed by atoms with Crippen molar-refractivity contribution in [2.24, 2.45) is 0 Å². The molecule has 0 bridgehead atoms. The average molecular weight is 774 g/mol. The minimum Gasteiger partial charge on any atom is -0.541 e. The number of amides is 2. The molecule has 15 heteroatoms. The molecule has 5 rings (SSSR count). The Morgan fingerprint density at radius 1 is 0.885 bits per heavy atom. The predicted octanol–water partition coefficient (Wildman–Crippen LogP) is 8.50. The highest BCUT2D eigenvalue weighted by atomic mass is 35.5. The first-order valence-corrected chi connectivity index (χ1v) is 21.1. The number of rotatable bonds is 13. The number of benzene rings is 3. The van der Waals surface area contributed by atoms with Crippen LogP contribution in [0.15, 0.2) is 42.6 Å². The lowest BCUT2D eigenvalue weighted by molar-refractivity contribution is 0.0641. The summed E-state index contributed by atoms with van der Waals surface area (Å²) in [5.74, 6) is -2.24. The smallest absolute Gasteiger partial charge is 0.265 e. The molecule has 0 aliphatic carbocycles. The van der Waals surface area contributed by atoms with Crippen LogP contribution in [-0.2, 0) is 23.0 Å². The minimum absolute atomic E-state index is 0.0457. The quantitative estimate of drug-likeness (QED) is 0.0815. The Morgan fingerprint density at radius 3 is 2.10 bits per heavy atom. The summed E-state index contributed by atoms with van der Waals surface area (Å²) < 4.78 is 75.2. The summed E-state index contributed by atoms with van der Waals surface area (Å²) in [5.41, 5.74) is 0.783. The Hall–Kier alpha value is -4.27. The van der Waals surface area contributed by atoms with Gasteiger partial charge in [-0.2, -0.15) is 0 Å². The Labute approximate surface area is 308 Å². The van der Waals surface area contributed by atoms with Gasteiger partial charge in [-0.15, -0.1) is 0 Å². The van der Waals surface area contributed by atoms with Gasteiger partial charge in [-0.05, 0) is 52.0 Å². The first-order valence-electron chi connectivity index (χ1n) is 16.7. The molecule has 0 atom stereocenters. The number of imide groups is 1. The third-order valence-electron chi connectivity index (χ3n) is 9.65. The number of nitrogens with zero attached hydrogens (tertiary/aromatic N) is 2. The molecule has 0 fully saturated rings. The number of fused-ring (bicyclic) bond motifs is 2. The predicted molar refractivity (Wildman–Crippen MR) is 200 cm³/mol. The summed E-state index contributed by atoms with van der Waals surface area (Å²) in [6.07, 6.45) is 2.28. The number of carbonyl (C=O) groups excluding carboxylic acids is 2. The van der Waals surface area contributed by atoms with Crippen molar-refractivity contribution >= 4 is 58.3 Å². The van der Waals surface area contributed by atoms with Crippen molar-refractivity contribution in [3.8, 4) is 17.2 Å². The number of methoxy groups -OCH3 is 2. The van der Waals surface area contributed by atoms with Gasteiger partial charge in [0.2, 0.25) is 10.0 Å². The van der Waals surface area contributed by atoms with Gasteiger partial charge < -0.3 is 13.9 Å². The maximum Gasteiger partial charge on any atom is 0.265 e. The van der Waals surface area contributed by atoms with Crippen molar-refractivity contribution < 1.29 is 40.7 Å². The number of pyridine rings is 1. The van der Waals surface area contributed by atoms with Crippen molar-refractivity contribution in [3.05, 3.63) is 87.1 Å². The molecule has 1 aromatic heterocycles. The standard InChI is InChI=1S/C37H42ClF2N3O7SSi/c1-19(2)52(20(3)4,21(5)6)50-35-32-31(36(44)43(37(32)45)18-23-10-11-25(48-7)15-30(23)49-8)33(42-51(9,46)47)26-13-22(17-41-34(26)35)12-24-14-27(38)29(40)16-28(24)39/h10-11,13-17,19-21,42H,12,18H2,1-9H3. The second kappa shape index (κ2) is 14.6. The molecule has 0 saturated heterocycles. The molecular formula is C37H42ClF2N3O7SSi. The SMILES string of the molecule is COc1ccc(CN2C(=O)c3c(c(O[Si](C(C)C)(C(C)C)C(C)C)c4ncc(Cc5cc(Cl)c(F)cc5F)cc4c3NS(C)(=O)=O)C2=O)c(OC)c1. The van der Waals surface area contributed by atoms with Gasteiger partial charge in [-0.3, -0.25) is 24.2 Å². The van der Waals surface area contributed by atoms with Crippen LogP contribution in [0.5, 0.6) is 17.2 Å². The zero-order valence-corrected chi connectivity index (χ0v) is 33.1. The lowest BCUT2D eigenvalue weighted by atomic mass is 9.98. The first kappa shape index (κ1) is 38.9. The van der Waals surface area contributed by atoms with E-state index in [0.717, 1.165) is 11.2 Å². The summed E-state index contributed by atoms with van der Waals surface area (Å²) >= 11 is 5.97. The monoisotopic (exact) mass is 773 g/mol. The maximum atomic E-state index is 14.9. The van der Waals surface area contributed by atoms with Crippen LogP contribution in [0.3, 0.4) is 0 Å². The highest BCUT2D eigenvalue weighted by molar-refractivity contribution is 7.92. The first-order chi connectivity index (χ1) is 24.3. The summed E-state index contributed by atoms with van der Waals surface area (Å²) in [7, 11) is -3.95. The van der Waals surface area contributed by atoms with Gasteiger partial charge in [0.15, 0.2) is 0 Å². The van der Waals surface area contributed by atoms with Crippen molar-refractivity contribution in [3.63, 3.8) is 0 Å². The van der Waals surface area contributed by atoms with Crippen molar-refractivity contribution in [2.75, 3.05) is 25.2 Å². The zero-order chi connectivity index (χ0) is 38.4. The van der Waals surface area contributed by atoms with Crippen molar-refractivity contribution in [2.45, 2.75) is 71.1 Å². The van der Waals surface area contributed by atoms with Gasteiger partial charge in [-0.1, -0.05) is 53.1 Å². The molecule has 0 spiro atoms. The van der Waals surface area contributed by atoms with Gasteiger partial charge in [-0.25, -0.2) is 17.2 Å². The minimum atomic E-state index is -4.05. The molecule has 2 heterocycles. The van der Waals surface area contributed by atoms with Crippen LogP contribution in [0.1, 0.15) is 78.9 Å². The molecule has 1 aliphatic rings. The van der Waals surface area contributed by atoms with Crippen LogP contribution in [0.4, 0.5) is 14.5 Å². The molecule has 0 radical (unpaired) electrons. The van der Waals surface area contributed by atoms with Crippen molar-refractivity contribution in [1.29, 1.82) is 0 Å². The van der Waals surface area contributed by atoms with Crippen LogP contribution in [-0.4, -0.2) is 58.9 Å². The van der Waals surface area contributed by atoms with Crippen LogP contribution < -0.4 is 18.6 Å². The summed E-state index contributed by atoms with van der Waals surface area (Å²) in [6, 6.07) is 8.40. The lowest BCUT2D eigenvalue weighted by Gasteiger charge is -2.42. The van der Waals surface area contributed by atoms with E-state index < -0.39 is 41.8 Å². The van der Waals surface area contributed by atoms with E-state index in [4.69, 9.17) is 30.5 Å². The Morgan fingerprint density at radius 2 is 1.52 bits per heavy atom. The number of carbonyl (C=O) groups is 2. The number of nitrogens with one attached hydrogen (secondary N) is 1. The Bertz CT molecular complexity index is 2180. The van der Waals surface area contributed by atoms with Crippen LogP contribution >= 0.6 is 11.6 Å². The third kappa shape index (κ3) is 7.07. The highest BCUT2D eigenvalue weighted by Crippen LogP contribution is 2.49. The van der Waals surface area contributed by atoms with E-state index in [-0.39, 0.29) is 73.6 Å². The molecule has 1 N–H and O–H groups in total. The molecule has 0 unspecified atom stereocenters. The fraction of sp³-hybridized carbons (Fsp3) is 0.378.